The molecule has 3 nitrogen and oxygen atoms in total. The molecule has 0 fully saturated rings. The van der Waals surface area contributed by atoms with Crippen molar-refractivity contribution in [2.75, 3.05) is 14.1 Å². The van der Waals surface area contributed by atoms with Crippen molar-refractivity contribution in [1.29, 1.82) is 0 Å². The second kappa shape index (κ2) is 5.92. The van der Waals surface area contributed by atoms with Gasteiger partial charge >= 0.3 is 0 Å². The largest absolute Gasteiger partial charge is 0.353 e. The lowest BCUT2D eigenvalue weighted by molar-refractivity contribution is 0.618. The molecule has 0 spiro atoms. The van der Waals surface area contributed by atoms with Crippen LogP contribution >= 0.6 is 0 Å². The van der Waals surface area contributed by atoms with Crippen molar-refractivity contribution >= 4 is 33.6 Å². The molecule has 0 N–H and O–H groups in total. The van der Waals surface area contributed by atoms with Crippen molar-refractivity contribution in [2.45, 2.75) is 58.9 Å². The predicted molar refractivity (Wildman–Crippen MR) is 93.7 cm³/mol. The topological polar surface area (TPSA) is 18.8 Å². The van der Waals surface area contributed by atoms with Gasteiger partial charge in [0.25, 0.3) is 0 Å². The molecule has 0 rings (SSSR count). The molecule has 0 saturated heterocycles. The van der Waals surface area contributed by atoms with E-state index in [0.717, 1.165) is 0 Å². The number of nitrogens with zero attached hydrogens (tertiary/aromatic N) is 3. The zero-order chi connectivity index (χ0) is 14.9. The van der Waals surface area contributed by atoms with E-state index < -0.39 is 33.6 Å². The lowest BCUT2D eigenvalue weighted by atomic mass is 11.6. The highest BCUT2D eigenvalue weighted by atomic mass is 28.4. The van der Waals surface area contributed by atoms with Gasteiger partial charge in [0, 0.05) is 0 Å². The van der Waals surface area contributed by atoms with Gasteiger partial charge in [-0.1, -0.05) is 19.6 Å². The van der Waals surface area contributed by atoms with Gasteiger partial charge in [-0.2, -0.15) is 0 Å². The van der Waals surface area contributed by atoms with Crippen LogP contribution in [0, 0.1) is 0 Å². The first kappa shape index (κ1) is 18.6. The van der Waals surface area contributed by atoms with Crippen LogP contribution in [-0.4, -0.2) is 56.2 Å². The first-order valence-electron chi connectivity index (χ1n) is 6.74. The van der Waals surface area contributed by atoms with Gasteiger partial charge in [0.1, 0.15) is 16.8 Å². The Labute approximate surface area is 119 Å². The summed E-state index contributed by atoms with van der Waals surface area (Å²) in [4.78, 5) is 0. The predicted octanol–water partition coefficient (Wildman–Crippen LogP) is 3.61. The minimum absolute atomic E-state index is 0.496. The Morgan fingerprint density at radius 3 is 1.44 bits per heavy atom. The van der Waals surface area contributed by atoms with Crippen LogP contribution in [0.4, 0.5) is 0 Å². The maximum Gasteiger partial charge on any atom is 0.232 e. The summed E-state index contributed by atoms with van der Waals surface area (Å²) in [6, 6.07) is 0. The Balaban J connectivity index is 5.31. The molecule has 18 heavy (non-hydrogen) atoms. The van der Waals surface area contributed by atoms with Crippen LogP contribution in [0.25, 0.3) is 0 Å². The average molecular weight is 320 g/mol. The molecule has 0 radical (unpaired) electrons. The lowest BCUT2D eigenvalue weighted by Gasteiger charge is -2.51. The first-order valence-corrected chi connectivity index (χ1v) is 18.4. The van der Waals surface area contributed by atoms with Gasteiger partial charge in [0.15, 0.2) is 8.40 Å². The SMILES string of the molecule is CN([Si](C)(C)C)[Si](C)(C)N(C)[Si](C)(C)N=[Si](C)C. The molecular formula is C11H33N3Si4. The summed E-state index contributed by atoms with van der Waals surface area (Å²) < 4.78 is 10.5. The molecule has 0 unspecified atom stereocenters. The molecule has 7 heteroatoms. The van der Waals surface area contributed by atoms with Gasteiger partial charge in [0.2, 0.25) is 8.40 Å². The minimum atomic E-state index is -1.60. The fourth-order valence-corrected chi connectivity index (χ4v) is 21.3. The van der Waals surface area contributed by atoms with Crippen LogP contribution in [-0.2, 0) is 0 Å². The summed E-state index contributed by atoms with van der Waals surface area (Å²) in [5, 5.41) is 0. The Morgan fingerprint density at radius 2 is 1.17 bits per heavy atom. The molecule has 108 valence electrons. The molecule has 0 amide bonds. The van der Waals surface area contributed by atoms with Crippen LogP contribution in [0.2, 0.25) is 58.9 Å². The zero-order valence-corrected chi connectivity index (χ0v) is 18.3. The first-order chi connectivity index (χ1) is 7.73. The Morgan fingerprint density at radius 1 is 0.778 bits per heavy atom. The average Bonchev–Trinajstić information content (AvgIpc) is 2.11. The minimum Gasteiger partial charge on any atom is -0.353 e. The van der Waals surface area contributed by atoms with Crippen molar-refractivity contribution in [3.63, 3.8) is 0 Å². The normalized spacial score (nSPS) is 14.3. The third-order valence-electron chi connectivity index (χ3n) is 3.97. The van der Waals surface area contributed by atoms with E-state index in [1.807, 2.05) is 0 Å². The van der Waals surface area contributed by atoms with E-state index in [-0.39, 0.29) is 0 Å². The van der Waals surface area contributed by atoms with Gasteiger partial charge < -0.3 is 12.8 Å². The van der Waals surface area contributed by atoms with E-state index in [4.69, 9.17) is 4.30 Å². The molecule has 0 aromatic rings. The molecule has 0 heterocycles. The van der Waals surface area contributed by atoms with Gasteiger partial charge in [-0.3, -0.25) is 0 Å². The maximum atomic E-state index is 5.13. The van der Waals surface area contributed by atoms with Crippen LogP contribution in [0.15, 0.2) is 4.30 Å². The molecule has 0 aromatic heterocycles. The molecule has 0 saturated carbocycles. The summed E-state index contributed by atoms with van der Waals surface area (Å²) in [7, 11) is -0.208. The molecule has 0 aliphatic heterocycles. The molecule has 0 aliphatic rings. The van der Waals surface area contributed by atoms with Gasteiger partial charge in [-0.15, -0.1) is 0 Å². The fraction of sp³-hybridized carbons (Fsp3) is 1.00. The van der Waals surface area contributed by atoms with E-state index in [1.54, 1.807) is 0 Å². The highest BCUT2D eigenvalue weighted by Crippen LogP contribution is 2.25. The molecule has 0 atom stereocenters. The number of hydrogen-bond acceptors (Lipinski definition) is 3. The second-order valence-electron chi connectivity index (χ2n) is 7.34. The van der Waals surface area contributed by atoms with Gasteiger partial charge in [0.05, 0.1) is 0 Å². The van der Waals surface area contributed by atoms with E-state index in [1.165, 1.54) is 0 Å². The third-order valence-corrected chi connectivity index (χ3v) is 21.8. The van der Waals surface area contributed by atoms with Crippen molar-refractivity contribution in [1.82, 2.24) is 8.46 Å². The highest BCUT2D eigenvalue weighted by Gasteiger charge is 2.44. The number of hydrogen-bond donors (Lipinski definition) is 0. The molecule has 0 aromatic carbocycles. The highest BCUT2D eigenvalue weighted by molar-refractivity contribution is 6.95. The van der Waals surface area contributed by atoms with Gasteiger partial charge in [-0.05, 0) is 53.4 Å². The Kier molecular flexibility index (Phi) is 6.11. The second-order valence-corrected chi connectivity index (χ2v) is 24.0. The quantitative estimate of drug-likeness (QED) is 0.721. The van der Waals surface area contributed by atoms with E-state index in [2.05, 4.69) is 81.5 Å². The number of rotatable bonds is 5. The van der Waals surface area contributed by atoms with Crippen molar-refractivity contribution in [3.05, 3.63) is 0 Å². The van der Waals surface area contributed by atoms with Crippen LogP contribution < -0.4 is 0 Å². The summed E-state index contributed by atoms with van der Waals surface area (Å²) >= 11 is 0. The molecular weight excluding hydrogens is 286 g/mol. The van der Waals surface area contributed by atoms with Crippen LogP contribution in [0.5, 0.6) is 0 Å². The zero-order valence-electron chi connectivity index (χ0n) is 14.3. The molecule has 0 aliphatic carbocycles. The lowest BCUT2D eigenvalue weighted by Crippen LogP contribution is -2.71. The van der Waals surface area contributed by atoms with E-state index in [0.29, 0.717) is 0 Å². The summed E-state index contributed by atoms with van der Waals surface area (Å²) in [6.45, 7) is 21.7. The van der Waals surface area contributed by atoms with Crippen LogP contribution in [0.3, 0.4) is 0 Å². The summed E-state index contributed by atoms with van der Waals surface area (Å²) in [6.07, 6.45) is 0. The van der Waals surface area contributed by atoms with Crippen molar-refractivity contribution in [2.24, 2.45) is 4.30 Å². The summed E-state index contributed by atoms with van der Waals surface area (Å²) in [5.41, 5.74) is 0. The monoisotopic (exact) mass is 319 g/mol. The smallest absolute Gasteiger partial charge is 0.232 e. The van der Waals surface area contributed by atoms with Gasteiger partial charge in [-0.25, -0.2) is 0 Å². The fourth-order valence-electron chi connectivity index (χ4n) is 2.34. The summed E-state index contributed by atoms with van der Waals surface area (Å²) in [5.74, 6) is 0. The Bertz CT molecular complexity index is 317. The van der Waals surface area contributed by atoms with E-state index in [9.17, 15) is 0 Å². The van der Waals surface area contributed by atoms with Crippen molar-refractivity contribution in [3.8, 4) is 0 Å². The van der Waals surface area contributed by atoms with E-state index >= 15 is 0 Å². The Hall–Kier alpha value is 0.588. The van der Waals surface area contributed by atoms with Crippen LogP contribution in [0.1, 0.15) is 0 Å². The third kappa shape index (κ3) is 4.60. The van der Waals surface area contributed by atoms with Crippen molar-refractivity contribution < 1.29 is 0 Å². The maximum absolute atomic E-state index is 5.13. The molecule has 0 bridgehead atoms. The standard InChI is InChI=1S/C11H33N3Si4/c1-13(16(5,6)7)18(10,11)14(2)17(8,9)12-15(3)4/h1-11H3.